The number of aryl methyl sites for hydroxylation is 1. The van der Waals surface area contributed by atoms with Crippen molar-refractivity contribution in [3.63, 3.8) is 0 Å². The highest BCUT2D eigenvalue weighted by molar-refractivity contribution is 7.10. The fraction of sp³-hybridized carbons (Fsp3) is 0.733. The maximum Gasteiger partial charge on any atom is 0.0490 e. The Bertz CT molecular complexity index is 389. The quantitative estimate of drug-likeness (QED) is 0.906. The molecule has 1 aliphatic carbocycles. The van der Waals surface area contributed by atoms with Gasteiger partial charge in [0, 0.05) is 16.5 Å². The average molecular weight is 266 g/mol. The van der Waals surface area contributed by atoms with Crippen LogP contribution in [0.25, 0.3) is 0 Å². The van der Waals surface area contributed by atoms with Crippen molar-refractivity contribution in [2.24, 2.45) is 11.7 Å². The predicted octanol–water partition coefficient (Wildman–Crippen LogP) is 3.57. The van der Waals surface area contributed by atoms with Crippen LogP contribution in [0.15, 0.2) is 11.4 Å². The summed E-state index contributed by atoms with van der Waals surface area (Å²) in [7, 11) is 4.38. The maximum atomic E-state index is 6.63. The van der Waals surface area contributed by atoms with E-state index in [9.17, 15) is 0 Å². The SMILES string of the molecule is Cc1cc(C(N)C2(N(C)C)CCC(C)CC2)cs1. The fourth-order valence-electron chi connectivity index (χ4n) is 3.24. The van der Waals surface area contributed by atoms with Gasteiger partial charge in [-0.2, -0.15) is 0 Å². The van der Waals surface area contributed by atoms with Crippen LogP contribution in [0.1, 0.15) is 49.1 Å². The Morgan fingerprint density at radius 1 is 1.39 bits per heavy atom. The fourth-order valence-corrected chi connectivity index (χ4v) is 3.98. The number of nitrogens with zero attached hydrogens (tertiary/aromatic N) is 1. The number of likely N-dealkylation sites (N-methyl/N-ethyl adjacent to an activating group) is 1. The molecule has 1 saturated carbocycles. The van der Waals surface area contributed by atoms with Crippen molar-refractivity contribution >= 4 is 11.3 Å². The van der Waals surface area contributed by atoms with Gasteiger partial charge in [-0.25, -0.2) is 0 Å². The number of nitrogens with two attached hydrogens (primary N) is 1. The van der Waals surface area contributed by atoms with Gasteiger partial charge in [-0.1, -0.05) is 6.92 Å². The van der Waals surface area contributed by atoms with Gasteiger partial charge in [0.05, 0.1) is 0 Å². The van der Waals surface area contributed by atoms with E-state index in [0.29, 0.717) is 0 Å². The monoisotopic (exact) mass is 266 g/mol. The molecule has 1 aliphatic rings. The molecule has 1 aromatic rings. The minimum atomic E-state index is 0.143. The van der Waals surface area contributed by atoms with E-state index in [1.807, 2.05) is 11.3 Å². The van der Waals surface area contributed by atoms with Gasteiger partial charge in [0.1, 0.15) is 0 Å². The van der Waals surface area contributed by atoms with Crippen LogP contribution in [0, 0.1) is 12.8 Å². The Hall–Kier alpha value is -0.380. The van der Waals surface area contributed by atoms with E-state index < -0.39 is 0 Å². The number of hydrogen-bond donors (Lipinski definition) is 1. The Labute approximate surface area is 115 Å². The zero-order valence-corrected chi connectivity index (χ0v) is 12.9. The molecule has 0 radical (unpaired) electrons. The highest BCUT2D eigenvalue weighted by Crippen LogP contribution is 2.43. The molecule has 2 N–H and O–H groups in total. The molecule has 18 heavy (non-hydrogen) atoms. The van der Waals surface area contributed by atoms with E-state index >= 15 is 0 Å². The van der Waals surface area contributed by atoms with Gasteiger partial charge in [-0.15, -0.1) is 11.3 Å². The summed E-state index contributed by atoms with van der Waals surface area (Å²) in [6, 6.07) is 2.41. The lowest BCUT2D eigenvalue weighted by Gasteiger charge is -2.48. The second kappa shape index (κ2) is 5.32. The van der Waals surface area contributed by atoms with Crippen LogP contribution in [0.5, 0.6) is 0 Å². The summed E-state index contributed by atoms with van der Waals surface area (Å²) in [6.07, 6.45) is 5.04. The van der Waals surface area contributed by atoms with Crippen LogP contribution < -0.4 is 5.73 Å². The molecule has 0 spiro atoms. The number of hydrogen-bond acceptors (Lipinski definition) is 3. The van der Waals surface area contributed by atoms with Crippen LogP contribution in [0.4, 0.5) is 0 Å². The summed E-state index contributed by atoms with van der Waals surface area (Å²) >= 11 is 1.81. The normalized spacial score (nSPS) is 30.7. The molecule has 1 unspecified atom stereocenters. The Kier molecular flexibility index (Phi) is 4.15. The molecule has 1 atom stereocenters. The standard InChI is InChI=1S/C15H26N2S/c1-11-5-7-15(8-6-11,17(3)4)14(16)13-9-12(2)18-10-13/h9-11,14H,5-8,16H2,1-4H3. The molecule has 1 aromatic heterocycles. The van der Waals surface area contributed by atoms with Gasteiger partial charge in [0.2, 0.25) is 0 Å². The molecule has 0 saturated heterocycles. The van der Waals surface area contributed by atoms with Crippen molar-refractivity contribution in [2.45, 2.75) is 51.1 Å². The van der Waals surface area contributed by atoms with Crippen LogP contribution >= 0.6 is 11.3 Å². The number of thiophene rings is 1. The van der Waals surface area contributed by atoms with Gasteiger partial charge >= 0.3 is 0 Å². The zero-order chi connectivity index (χ0) is 13.3. The van der Waals surface area contributed by atoms with E-state index in [1.54, 1.807) is 0 Å². The Balaban J connectivity index is 2.25. The summed E-state index contributed by atoms with van der Waals surface area (Å²) in [5.41, 5.74) is 8.10. The molecule has 0 amide bonds. The molecule has 0 bridgehead atoms. The lowest BCUT2D eigenvalue weighted by molar-refractivity contribution is 0.0566. The first-order chi connectivity index (χ1) is 8.45. The molecule has 2 nitrogen and oxygen atoms in total. The van der Waals surface area contributed by atoms with Crippen LogP contribution in [-0.2, 0) is 0 Å². The van der Waals surface area contributed by atoms with E-state index in [1.165, 1.54) is 36.1 Å². The minimum absolute atomic E-state index is 0.143. The van der Waals surface area contributed by atoms with Crippen molar-refractivity contribution in [1.29, 1.82) is 0 Å². The van der Waals surface area contributed by atoms with Gasteiger partial charge in [0.15, 0.2) is 0 Å². The second-order valence-corrected chi connectivity index (χ2v) is 7.26. The van der Waals surface area contributed by atoms with Crippen LogP contribution in [-0.4, -0.2) is 24.5 Å². The molecule has 3 heteroatoms. The van der Waals surface area contributed by atoms with Crippen LogP contribution in [0.3, 0.4) is 0 Å². The van der Waals surface area contributed by atoms with Crippen molar-refractivity contribution in [3.05, 3.63) is 21.9 Å². The molecular weight excluding hydrogens is 240 g/mol. The van der Waals surface area contributed by atoms with Crippen molar-refractivity contribution in [2.75, 3.05) is 14.1 Å². The lowest BCUT2D eigenvalue weighted by atomic mass is 9.71. The van der Waals surface area contributed by atoms with Gasteiger partial charge < -0.3 is 10.6 Å². The largest absolute Gasteiger partial charge is 0.322 e. The first-order valence-corrected chi connectivity index (χ1v) is 7.82. The molecular formula is C15H26N2S. The predicted molar refractivity (Wildman–Crippen MR) is 80.0 cm³/mol. The first-order valence-electron chi connectivity index (χ1n) is 6.94. The van der Waals surface area contributed by atoms with E-state index in [-0.39, 0.29) is 11.6 Å². The summed E-state index contributed by atoms with van der Waals surface area (Å²) < 4.78 is 0. The van der Waals surface area contributed by atoms with Gasteiger partial charge in [-0.3, -0.25) is 0 Å². The minimum Gasteiger partial charge on any atom is -0.322 e. The smallest absolute Gasteiger partial charge is 0.0490 e. The summed E-state index contributed by atoms with van der Waals surface area (Å²) in [4.78, 5) is 3.73. The van der Waals surface area contributed by atoms with E-state index in [2.05, 4.69) is 44.3 Å². The topological polar surface area (TPSA) is 29.3 Å². The van der Waals surface area contributed by atoms with Crippen molar-refractivity contribution < 1.29 is 0 Å². The van der Waals surface area contributed by atoms with E-state index in [0.717, 1.165) is 5.92 Å². The maximum absolute atomic E-state index is 6.63. The molecule has 1 fully saturated rings. The molecule has 1 heterocycles. The van der Waals surface area contributed by atoms with Gasteiger partial charge in [-0.05, 0) is 69.6 Å². The Morgan fingerprint density at radius 2 is 2.00 bits per heavy atom. The highest BCUT2D eigenvalue weighted by atomic mass is 32.1. The average Bonchev–Trinajstić information content (AvgIpc) is 2.76. The Morgan fingerprint density at radius 3 is 2.44 bits per heavy atom. The molecule has 0 aromatic carbocycles. The second-order valence-electron chi connectivity index (χ2n) is 6.15. The molecule has 2 rings (SSSR count). The molecule has 102 valence electrons. The van der Waals surface area contributed by atoms with Crippen molar-refractivity contribution in [1.82, 2.24) is 4.90 Å². The highest BCUT2D eigenvalue weighted by Gasteiger charge is 2.42. The first kappa shape index (κ1) is 14.0. The number of rotatable bonds is 3. The summed E-state index contributed by atoms with van der Waals surface area (Å²) in [6.45, 7) is 4.52. The van der Waals surface area contributed by atoms with E-state index in [4.69, 9.17) is 5.73 Å². The van der Waals surface area contributed by atoms with Crippen molar-refractivity contribution in [3.8, 4) is 0 Å². The summed E-state index contributed by atoms with van der Waals surface area (Å²) in [5.74, 6) is 0.856. The third-order valence-corrected chi connectivity index (χ3v) is 5.60. The summed E-state index contributed by atoms with van der Waals surface area (Å²) in [5, 5.41) is 2.24. The van der Waals surface area contributed by atoms with Gasteiger partial charge in [0.25, 0.3) is 0 Å². The lowest BCUT2D eigenvalue weighted by Crippen LogP contribution is -2.54. The molecule has 0 aliphatic heterocycles. The zero-order valence-electron chi connectivity index (χ0n) is 12.1. The van der Waals surface area contributed by atoms with Crippen LogP contribution in [0.2, 0.25) is 0 Å². The third-order valence-electron chi connectivity index (χ3n) is 4.72. The third kappa shape index (κ3) is 2.49.